The number of ether oxygens (including phenoxy) is 1. The van der Waals surface area contributed by atoms with Gasteiger partial charge in [-0.3, -0.25) is 25.4 Å². The number of rotatable bonds is 4. The molecule has 124 valence electrons. The molecule has 3 rings (SSSR count). The minimum absolute atomic E-state index is 0.364. The van der Waals surface area contributed by atoms with Crippen LogP contribution in [-0.2, 0) is 0 Å². The fraction of sp³-hybridized carbons (Fsp3) is 0. The number of para-hydroxylation sites is 1. The highest BCUT2D eigenvalue weighted by Crippen LogP contribution is 2.21. The minimum atomic E-state index is -0.444. The van der Waals surface area contributed by atoms with Gasteiger partial charge in [-0.1, -0.05) is 24.3 Å². The second kappa shape index (κ2) is 7.74. The Morgan fingerprint density at radius 1 is 0.720 bits per heavy atom. The standard InChI is InChI=1S/C19H15N3O3/c23-18(14-9-11-20-12-10-14)21-22-19(24)15-5-4-8-17(13-15)25-16-6-2-1-3-7-16/h1-13H,(H,21,23)(H,22,24). The molecule has 0 saturated heterocycles. The third-order valence-corrected chi connectivity index (χ3v) is 3.31. The molecule has 0 unspecified atom stereocenters. The number of pyridine rings is 1. The van der Waals surface area contributed by atoms with Crippen molar-refractivity contribution in [2.45, 2.75) is 0 Å². The second-order valence-corrected chi connectivity index (χ2v) is 5.09. The summed E-state index contributed by atoms with van der Waals surface area (Å²) >= 11 is 0. The summed E-state index contributed by atoms with van der Waals surface area (Å²) in [5, 5.41) is 0. The summed E-state index contributed by atoms with van der Waals surface area (Å²) in [6.45, 7) is 0. The molecule has 0 aliphatic rings. The molecule has 1 heterocycles. The van der Waals surface area contributed by atoms with Gasteiger partial charge in [0.2, 0.25) is 0 Å². The highest BCUT2D eigenvalue weighted by molar-refractivity contribution is 5.99. The SMILES string of the molecule is O=C(NNC(=O)c1cccc(Oc2ccccc2)c1)c1ccncc1. The highest BCUT2D eigenvalue weighted by atomic mass is 16.5. The van der Waals surface area contributed by atoms with E-state index >= 15 is 0 Å². The van der Waals surface area contributed by atoms with Crippen LogP contribution in [0.25, 0.3) is 0 Å². The van der Waals surface area contributed by atoms with Gasteiger partial charge < -0.3 is 4.74 Å². The molecule has 2 amide bonds. The number of carbonyl (C=O) groups excluding carboxylic acids is 2. The van der Waals surface area contributed by atoms with Crippen LogP contribution in [0.3, 0.4) is 0 Å². The predicted octanol–water partition coefficient (Wildman–Crippen LogP) is 2.95. The van der Waals surface area contributed by atoms with Crippen molar-refractivity contribution >= 4 is 11.8 Å². The van der Waals surface area contributed by atoms with E-state index in [4.69, 9.17) is 4.74 Å². The number of hydrazine groups is 1. The van der Waals surface area contributed by atoms with Crippen molar-refractivity contribution in [1.29, 1.82) is 0 Å². The zero-order valence-electron chi connectivity index (χ0n) is 13.2. The molecule has 0 fully saturated rings. The maximum Gasteiger partial charge on any atom is 0.269 e. The van der Waals surface area contributed by atoms with E-state index in [1.165, 1.54) is 12.4 Å². The fourth-order valence-corrected chi connectivity index (χ4v) is 2.09. The van der Waals surface area contributed by atoms with E-state index in [1.807, 2.05) is 30.3 Å². The van der Waals surface area contributed by atoms with Gasteiger partial charge in [0.05, 0.1) is 0 Å². The van der Waals surface area contributed by atoms with Crippen LogP contribution in [0.15, 0.2) is 79.1 Å². The van der Waals surface area contributed by atoms with Crippen molar-refractivity contribution in [2.24, 2.45) is 0 Å². The molecule has 6 nitrogen and oxygen atoms in total. The van der Waals surface area contributed by atoms with Gasteiger partial charge in [0.15, 0.2) is 0 Å². The van der Waals surface area contributed by atoms with Crippen molar-refractivity contribution < 1.29 is 14.3 Å². The van der Waals surface area contributed by atoms with E-state index in [0.717, 1.165) is 0 Å². The average Bonchev–Trinajstić information content (AvgIpc) is 2.67. The van der Waals surface area contributed by atoms with Crippen LogP contribution in [0.4, 0.5) is 0 Å². The van der Waals surface area contributed by atoms with Crippen molar-refractivity contribution in [3.63, 3.8) is 0 Å². The fourth-order valence-electron chi connectivity index (χ4n) is 2.09. The Balaban J connectivity index is 1.62. The van der Waals surface area contributed by atoms with Crippen LogP contribution in [0.5, 0.6) is 11.5 Å². The van der Waals surface area contributed by atoms with E-state index in [0.29, 0.717) is 22.6 Å². The number of hydrogen-bond donors (Lipinski definition) is 2. The van der Waals surface area contributed by atoms with Crippen molar-refractivity contribution in [3.8, 4) is 11.5 Å². The van der Waals surface area contributed by atoms with E-state index in [1.54, 1.807) is 36.4 Å². The largest absolute Gasteiger partial charge is 0.457 e. The van der Waals surface area contributed by atoms with Crippen LogP contribution < -0.4 is 15.6 Å². The summed E-state index contributed by atoms with van der Waals surface area (Å²) in [4.78, 5) is 27.9. The zero-order valence-corrected chi connectivity index (χ0v) is 13.2. The van der Waals surface area contributed by atoms with Crippen molar-refractivity contribution in [2.75, 3.05) is 0 Å². The monoisotopic (exact) mass is 333 g/mol. The summed E-state index contributed by atoms with van der Waals surface area (Å²) in [5.41, 5.74) is 5.50. The van der Waals surface area contributed by atoms with Crippen LogP contribution >= 0.6 is 0 Å². The molecule has 0 bridgehead atoms. The maximum atomic E-state index is 12.2. The Hall–Kier alpha value is -3.67. The van der Waals surface area contributed by atoms with Gasteiger partial charge in [0.1, 0.15) is 11.5 Å². The normalized spacial score (nSPS) is 9.92. The van der Waals surface area contributed by atoms with Gasteiger partial charge in [0, 0.05) is 23.5 Å². The first-order chi connectivity index (χ1) is 12.2. The van der Waals surface area contributed by atoms with Crippen LogP contribution in [0.1, 0.15) is 20.7 Å². The molecule has 0 atom stereocenters. The molecule has 2 aromatic carbocycles. The summed E-state index contributed by atoms with van der Waals surface area (Å²) in [5.74, 6) is 0.332. The molecule has 0 aliphatic heterocycles. The van der Waals surface area contributed by atoms with Gasteiger partial charge >= 0.3 is 0 Å². The van der Waals surface area contributed by atoms with Gasteiger partial charge in [-0.05, 0) is 42.5 Å². The topological polar surface area (TPSA) is 80.3 Å². The lowest BCUT2D eigenvalue weighted by Crippen LogP contribution is -2.41. The van der Waals surface area contributed by atoms with E-state index in [2.05, 4.69) is 15.8 Å². The number of benzene rings is 2. The van der Waals surface area contributed by atoms with Gasteiger partial charge in [-0.15, -0.1) is 0 Å². The lowest BCUT2D eigenvalue weighted by Gasteiger charge is -2.09. The minimum Gasteiger partial charge on any atom is -0.457 e. The highest BCUT2D eigenvalue weighted by Gasteiger charge is 2.10. The lowest BCUT2D eigenvalue weighted by atomic mass is 10.2. The Kier molecular flexibility index (Phi) is 5.01. The molecule has 0 aliphatic carbocycles. The van der Waals surface area contributed by atoms with Gasteiger partial charge in [-0.25, -0.2) is 0 Å². The Labute approximate surface area is 144 Å². The number of nitrogens with one attached hydrogen (secondary N) is 2. The third kappa shape index (κ3) is 4.42. The number of nitrogens with zero attached hydrogens (tertiary/aromatic N) is 1. The molecule has 0 saturated carbocycles. The Bertz CT molecular complexity index is 867. The lowest BCUT2D eigenvalue weighted by molar-refractivity contribution is 0.0846. The number of amides is 2. The maximum absolute atomic E-state index is 12.2. The molecule has 2 N–H and O–H groups in total. The van der Waals surface area contributed by atoms with Crippen LogP contribution in [0.2, 0.25) is 0 Å². The quantitative estimate of drug-likeness (QED) is 0.719. The average molecular weight is 333 g/mol. The van der Waals surface area contributed by atoms with Crippen molar-refractivity contribution in [1.82, 2.24) is 15.8 Å². The summed E-state index contributed by atoms with van der Waals surface area (Å²) in [6.07, 6.45) is 3.00. The summed E-state index contributed by atoms with van der Waals surface area (Å²) < 4.78 is 5.69. The molecule has 1 aromatic heterocycles. The molecular weight excluding hydrogens is 318 g/mol. The van der Waals surface area contributed by atoms with Gasteiger partial charge in [0.25, 0.3) is 11.8 Å². The molecule has 0 radical (unpaired) electrons. The molecule has 3 aromatic rings. The van der Waals surface area contributed by atoms with Crippen LogP contribution in [-0.4, -0.2) is 16.8 Å². The third-order valence-electron chi connectivity index (χ3n) is 3.31. The Morgan fingerprint density at radius 2 is 1.36 bits per heavy atom. The first-order valence-corrected chi connectivity index (χ1v) is 7.56. The van der Waals surface area contributed by atoms with Crippen molar-refractivity contribution in [3.05, 3.63) is 90.3 Å². The van der Waals surface area contributed by atoms with E-state index < -0.39 is 11.8 Å². The summed E-state index contributed by atoms with van der Waals surface area (Å²) in [7, 11) is 0. The zero-order chi connectivity index (χ0) is 17.5. The second-order valence-electron chi connectivity index (χ2n) is 5.09. The Morgan fingerprint density at radius 3 is 2.08 bits per heavy atom. The van der Waals surface area contributed by atoms with E-state index in [-0.39, 0.29) is 0 Å². The molecule has 0 spiro atoms. The van der Waals surface area contributed by atoms with E-state index in [9.17, 15) is 9.59 Å². The number of hydrogen-bond acceptors (Lipinski definition) is 4. The molecule has 6 heteroatoms. The molecule has 25 heavy (non-hydrogen) atoms. The molecular formula is C19H15N3O3. The van der Waals surface area contributed by atoms with Gasteiger partial charge in [-0.2, -0.15) is 0 Å². The number of carbonyl (C=O) groups is 2. The first kappa shape index (κ1) is 16.2. The first-order valence-electron chi connectivity index (χ1n) is 7.56. The van der Waals surface area contributed by atoms with Crippen LogP contribution in [0, 0.1) is 0 Å². The number of aromatic nitrogens is 1. The summed E-state index contributed by atoms with van der Waals surface area (Å²) in [6, 6.07) is 19.0. The predicted molar refractivity (Wildman–Crippen MR) is 92.1 cm³/mol. The smallest absolute Gasteiger partial charge is 0.269 e.